The number of nitrogens with one attached hydrogen (secondary N) is 1. The summed E-state index contributed by atoms with van der Waals surface area (Å²) < 4.78 is 50.2. The summed E-state index contributed by atoms with van der Waals surface area (Å²) in [7, 11) is 1.61. The smallest absolute Gasteiger partial charge is 0.416 e. The highest BCUT2D eigenvalue weighted by Crippen LogP contribution is 2.34. The molecule has 0 aliphatic carbocycles. The Morgan fingerprint density at radius 3 is 2.53 bits per heavy atom. The van der Waals surface area contributed by atoms with E-state index in [4.69, 9.17) is 9.47 Å². The van der Waals surface area contributed by atoms with Crippen molar-refractivity contribution in [2.45, 2.75) is 6.18 Å². The topological polar surface area (TPSA) is 42.9 Å². The Bertz CT molecular complexity index is 1090. The van der Waals surface area contributed by atoms with E-state index in [0.717, 1.165) is 34.8 Å². The van der Waals surface area contributed by atoms with Crippen molar-refractivity contribution in [3.8, 4) is 16.9 Å². The zero-order valence-electron chi connectivity index (χ0n) is 16.4. The zero-order valence-corrected chi connectivity index (χ0v) is 16.4. The lowest BCUT2D eigenvalue weighted by Gasteiger charge is -2.14. The number of alkyl halides is 3. The van der Waals surface area contributed by atoms with Crippen LogP contribution in [0.4, 0.5) is 13.2 Å². The first kappa shape index (κ1) is 20.2. The highest BCUT2D eigenvalue weighted by molar-refractivity contribution is 6.06. The van der Waals surface area contributed by atoms with E-state index < -0.39 is 11.7 Å². The van der Waals surface area contributed by atoms with Crippen LogP contribution >= 0.6 is 0 Å². The van der Waals surface area contributed by atoms with Gasteiger partial charge in [-0.15, -0.1) is 0 Å². The number of ether oxygens (including phenoxy) is 2. The quantitative estimate of drug-likeness (QED) is 0.584. The first-order valence-corrected chi connectivity index (χ1v) is 9.61. The summed E-state index contributed by atoms with van der Waals surface area (Å²) >= 11 is 0. The Hall–Kier alpha value is -3.06. The van der Waals surface area contributed by atoms with Crippen molar-refractivity contribution in [2.75, 3.05) is 33.4 Å². The second-order valence-electron chi connectivity index (χ2n) is 6.99. The van der Waals surface area contributed by atoms with Gasteiger partial charge in [0.1, 0.15) is 18.2 Å². The standard InChI is InChI=1S/C23H21F3N2O2/c1-29-9-10-30-21-14-17-6-5-16(15-3-2-4-19(12-15)23(24,25)26)11-18(17)13-20(21)22-27-7-8-28-22/h2-6,11-14H,7-10H2,1H3,(H,27,28). The summed E-state index contributed by atoms with van der Waals surface area (Å²) in [5, 5.41) is 5.08. The molecule has 1 heterocycles. The molecule has 3 aromatic carbocycles. The van der Waals surface area contributed by atoms with Crippen molar-refractivity contribution in [3.05, 3.63) is 65.7 Å². The third-order valence-corrected chi connectivity index (χ3v) is 4.94. The van der Waals surface area contributed by atoms with Crippen molar-refractivity contribution < 1.29 is 22.6 Å². The molecule has 4 nitrogen and oxygen atoms in total. The van der Waals surface area contributed by atoms with Crippen molar-refractivity contribution >= 4 is 16.6 Å². The lowest BCUT2D eigenvalue weighted by atomic mass is 9.98. The van der Waals surface area contributed by atoms with Crippen LogP contribution in [0, 0.1) is 0 Å². The van der Waals surface area contributed by atoms with Crippen molar-refractivity contribution in [1.29, 1.82) is 0 Å². The Morgan fingerprint density at radius 2 is 1.80 bits per heavy atom. The first-order chi connectivity index (χ1) is 14.5. The number of methoxy groups -OCH3 is 1. The predicted octanol–water partition coefficient (Wildman–Crippen LogP) is 4.90. The van der Waals surface area contributed by atoms with E-state index in [-0.39, 0.29) is 0 Å². The van der Waals surface area contributed by atoms with Crippen molar-refractivity contribution in [1.82, 2.24) is 5.32 Å². The Morgan fingerprint density at radius 1 is 0.967 bits per heavy atom. The summed E-state index contributed by atoms with van der Waals surface area (Å²) in [6.07, 6.45) is -4.37. The van der Waals surface area contributed by atoms with Gasteiger partial charge in [0.05, 0.1) is 24.3 Å². The molecule has 3 aromatic rings. The molecule has 156 valence electrons. The maximum absolute atomic E-state index is 13.1. The van der Waals surface area contributed by atoms with E-state index in [2.05, 4.69) is 10.3 Å². The van der Waals surface area contributed by atoms with E-state index in [0.29, 0.717) is 36.6 Å². The van der Waals surface area contributed by atoms with Gasteiger partial charge in [0, 0.05) is 13.7 Å². The summed E-state index contributed by atoms with van der Waals surface area (Å²) in [4.78, 5) is 4.49. The number of halogens is 3. The van der Waals surface area contributed by atoms with Gasteiger partial charge in [0.2, 0.25) is 0 Å². The van der Waals surface area contributed by atoms with Crippen LogP contribution in [-0.2, 0) is 10.9 Å². The number of hydrogen-bond donors (Lipinski definition) is 1. The van der Waals surface area contributed by atoms with E-state index in [9.17, 15) is 13.2 Å². The van der Waals surface area contributed by atoms with Crippen molar-refractivity contribution in [3.63, 3.8) is 0 Å². The largest absolute Gasteiger partial charge is 0.490 e. The Balaban J connectivity index is 1.76. The average Bonchev–Trinajstić information content (AvgIpc) is 3.27. The fraction of sp³-hybridized carbons (Fsp3) is 0.261. The van der Waals surface area contributed by atoms with Crippen LogP contribution < -0.4 is 10.1 Å². The number of nitrogens with zero attached hydrogens (tertiary/aromatic N) is 1. The normalized spacial score (nSPS) is 13.9. The number of amidine groups is 1. The van der Waals surface area contributed by atoms with Crippen LogP contribution in [0.15, 0.2) is 59.6 Å². The van der Waals surface area contributed by atoms with Gasteiger partial charge in [-0.25, -0.2) is 0 Å². The minimum absolute atomic E-state index is 0.407. The molecule has 30 heavy (non-hydrogen) atoms. The average molecular weight is 414 g/mol. The van der Waals surface area contributed by atoms with Gasteiger partial charge in [0.25, 0.3) is 0 Å². The molecule has 1 aliphatic rings. The van der Waals surface area contributed by atoms with E-state index in [1.807, 2.05) is 30.3 Å². The SMILES string of the molecule is COCCOc1cc2ccc(-c3cccc(C(F)(F)F)c3)cc2cc1C1=NCCN1. The molecule has 0 aromatic heterocycles. The number of hydrogen-bond acceptors (Lipinski definition) is 4. The van der Waals surface area contributed by atoms with Gasteiger partial charge in [-0.1, -0.05) is 24.3 Å². The molecule has 0 unspecified atom stereocenters. The van der Waals surface area contributed by atoms with E-state index in [1.165, 1.54) is 12.1 Å². The van der Waals surface area contributed by atoms with Crippen LogP contribution in [0.5, 0.6) is 5.75 Å². The minimum Gasteiger partial charge on any atom is -0.490 e. The molecule has 0 bridgehead atoms. The molecule has 1 aliphatic heterocycles. The second-order valence-corrected chi connectivity index (χ2v) is 6.99. The molecule has 0 spiro atoms. The molecule has 0 radical (unpaired) electrons. The number of aliphatic imine (C=N–C) groups is 1. The molecule has 0 saturated heterocycles. The molecule has 0 saturated carbocycles. The molecule has 0 fully saturated rings. The van der Waals surface area contributed by atoms with Crippen LogP contribution in [0.25, 0.3) is 21.9 Å². The minimum atomic E-state index is -4.37. The zero-order chi connectivity index (χ0) is 21.1. The van der Waals surface area contributed by atoms with E-state index in [1.54, 1.807) is 13.2 Å². The van der Waals surface area contributed by atoms with Crippen LogP contribution in [0.2, 0.25) is 0 Å². The molecule has 7 heteroatoms. The summed E-state index contributed by atoms with van der Waals surface area (Å²) in [5.74, 6) is 1.45. The Kier molecular flexibility index (Phi) is 5.63. The second kappa shape index (κ2) is 8.36. The van der Waals surface area contributed by atoms with Gasteiger partial charge in [-0.3, -0.25) is 4.99 Å². The lowest BCUT2D eigenvalue weighted by molar-refractivity contribution is -0.137. The highest BCUT2D eigenvalue weighted by atomic mass is 19.4. The Labute approximate surface area is 172 Å². The van der Waals surface area contributed by atoms with Gasteiger partial charge in [-0.2, -0.15) is 13.2 Å². The van der Waals surface area contributed by atoms with Gasteiger partial charge in [-0.05, 0) is 52.2 Å². The lowest BCUT2D eigenvalue weighted by Crippen LogP contribution is -2.20. The molecular weight excluding hydrogens is 393 g/mol. The maximum Gasteiger partial charge on any atom is 0.416 e. The van der Waals surface area contributed by atoms with Gasteiger partial charge < -0.3 is 14.8 Å². The van der Waals surface area contributed by atoms with Crippen LogP contribution in [0.3, 0.4) is 0 Å². The van der Waals surface area contributed by atoms with Gasteiger partial charge >= 0.3 is 6.18 Å². The third-order valence-electron chi connectivity index (χ3n) is 4.94. The number of benzene rings is 3. The van der Waals surface area contributed by atoms with Gasteiger partial charge in [0.15, 0.2) is 0 Å². The summed E-state index contributed by atoms with van der Waals surface area (Å²) in [5.41, 5.74) is 1.41. The van der Waals surface area contributed by atoms with E-state index >= 15 is 0 Å². The van der Waals surface area contributed by atoms with Crippen molar-refractivity contribution in [2.24, 2.45) is 4.99 Å². The third kappa shape index (κ3) is 4.26. The molecular formula is C23H21F3N2O2. The predicted molar refractivity (Wildman–Crippen MR) is 111 cm³/mol. The fourth-order valence-electron chi connectivity index (χ4n) is 3.45. The maximum atomic E-state index is 13.1. The number of rotatable bonds is 6. The molecule has 0 atom stereocenters. The molecule has 0 amide bonds. The molecule has 4 rings (SSSR count). The summed E-state index contributed by atoms with van der Waals surface area (Å²) in [6, 6.07) is 14.9. The number of fused-ring (bicyclic) bond motifs is 1. The summed E-state index contributed by atoms with van der Waals surface area (Å²) in [6.45, 7) is 2.32. The van der Waals surface area contributed by atoms with Crippen LogP contribution in [-0.4, -0.2) is 39.2 Å². The first-order valence-electron chi connectivity index (χ1n) is 9.61. The molecule has 1 N–H and O–H groups in total. The highest BCUT2D eigenvalue weighted by Gasteiger charge is 2.30. The van der Waals surface area contributed by atoms with Crippen LogP contribution in [0.1, 0.15) is 11.1 Å². The monoisotopic (exact) mass is 414 g/mol. The fourth-order valence-corrected chi connectivity index (χ4v) is 3.45.